The second-order valence-corrected chi connectivity index (χ2v) is 5.31. The molecule has 0 aromatic heterocycles. The molecule has 1 unspecified atom stereocenters. The molecule has 0 aliphatic heterocycles. The average Bonchev–Trinajstić information content (AvgIpc) is 2.48. The summed E-state index contributed by atoms with van der Waals surface area (Å²) in [6, 6.07) is 9.76. The first-order chi connectivity index (χ1) is 10.1. The van der Waals surface area contributed by atoms with E-state index in [0.717, 1.165) is 5.56 Å². The van der Waals surface area contributed by atoms with Gasteiger partial charge in [-0.3, -0.25) is 0 Å². The summed E-state index contributed by atoms with van der Waals surface area (Å²) in [5.74, 6) is 0.125. The molecule has 1 N–H and O–H groups in total. The summed E-state index contributed by atoms with van der Waals surface area (Å²) in [6.45, 7) is 2.62. The summed E-state index contributed by atoms with van der Waals surface area (Å²) < 4.78 is 19.4. The van der Waals surface area contributed by atoms with Crippen molar-refractivity contribution in [3.05, 3.63) is 63.4 Å². The molecule has 0 fully saturated rings. The van der Waals surface area contributed by atoms with Gasteiger partial charge in [-0.05, 0) is 24.2 Å². The Morgan fingerprint density at radius 1 is 1.19 bits per heavy atom. The smallest absolute Gasteiger partial charge is 0.132 e. The maximum atomic E-state index is 14.3. The third-order valence-electron chi connectivity index (χ3n) is 3.22. The number of benzene rings is 2. The molecule has 2 aromatic carbocycles. The number of halogens is 3. The molecule has 0 saturated heterocycles. The molecule has 21 heavy (non-hydrogen) atoms. The Bertz CT molecular complexity index is 634. The Kier molecular flexibility index (Phi) is 5.45. The number of rotatable bonds is 5. The molecule has 0 aliphatic rings. The highest BCUT2D eigenvalue weighted by atomic mass is 35.5. The van der Waals surface area contributed by atoms with Crippen molar-refractivity contribution in [3.63, 3.8) is 0 Å². The first-order valence-electron chi connectivity index (χ1n) is 6.59. The zero-order valence-corrected chi connectivity index (χ0v) is 13.3. The van der Waals surface area contributed by atoms with E-state index in [1.54, 1.807) is 24.3 Å². The number of nitrogens with one attached hydrogen (secondary N) is 1. The van der Waals surface area contributed by atoms with Gasteiger partial charge in [0, 0.05) is 11.6 Å². The van der Waals surface area contributed by atoms with Crippen LogP contribution in [-0.4, -0.2) is 13.7 Å². The lowest BCUT2D eigenvalue weighted by Gasteiger charge is -2.21. The minimum atomic E-state index is -0.368. The third-order valence-corrected chi connectivity index (χ3v) is 4.05. The van der Waals surface area contributed by atoms with E-state index >= 15 is 0 Å². The fourth-order valence-electron chi connectivity index (χ4n) is 2.20. The molecular formula is C16H16Cl2FNO. The maximum Gasteiger partial charge on any atom is 0.132 e. The van der Waals surface area contributed by atoms with Crippen LogP contribution in [0.1, 0.15) is 24.1 Å². The molecule has 1 atom stereocenters. The van der Waals surface area contributed by atoms with Crippen molar-refractivity contribution >= 4 is 23.2 Å². The SMILES string of the molecule is CCNC(c1ccc(OC)cc1F)c1cccc(Cl)c1Cl. The lowest BCUT2D eigenvalue weighted by molar-refractivity contribution is 0.410. The van der Waals surface area contributed by atoms with Crippen LogP contribution in [0.3, 0.4) is 0 Å². The molecule has 2 rings (SSSR count). The van der Waals surface area contributed by atoms with Crippen molar-refractivity contribution in [3.8, 4) is 5.75 Å². The van der Waals surface area contributed by atoms with Crippen molar-refractivity contribution in [2.45, 2.75) is 13.0 Å². The van der Waals surface area contributed by atoms with Crippen molar-refractivity contribution in [2.24, 2.45) is 0 Å². The van der Waals surface area contributed by atoms with Gasteiger partial charge in [0.25, 0.3) is 0 Å². The minimum Gasteiger partial charge on any atom is -0.497 e. The predicted molar refractivity (Wildman–Crippen MR) is 84.9 cm³/mol. The molecule has 0 spiro atoms. The Balaban J connectivity index is 2.51. The molecule has 112 valence electrons. The van der Waals surface area contributed by atoms with Gasteiger partial charge in [0.2, 0.25) is 0 Å². The standard InChI is InChI=1S/C16H16Cl2FNO/c1-3-20-16(12-5-4-6-13(17)15(12)18)11-8-7-10(21-2)9-14(11)19/h4-9,16,20H,3H2,1-2H3. The fourth-order valence-corrected chi connectivity index (χ4v) is 2.62. The van der Waals surface area contributed by atoms with Crippen molar-refractivity contribution in [1.82, 2.24) is 5.32 Å². The fraction of sp³-hybridized carbons (Fsp3) is 0.250. The monoisotopic (exact) mass is 327 g/mol. The van der Waals surface area contributed by atoms with Crippen LogP contribution in [0.4, 0.5) is 4.39 Å². The van der Waals surface area contributed by atoms with E-state index < -0.39 is 0 Å². The number of hydrogen-bond donors (Lipinski definition) is 1. The molecule has 2 nitrogen and oxygen atoms in total. The first kappa shape index (κ1) is 16.1. The summed E-state index contributed by atoms with van der Waals surface area (Å²) in [7, 11) is 1.50. The second kappa shape index (κ2) is 7.12. The highest BCUT2D eigenvalue weighted by molar-refractivity contribution is 6.42. The van der Waals surface area contributed by atoms with Gasteiger partial charge < -0.3 is 10.1 Å². The first-order valence-corrected chi connectivity index (χ1v) is 7.34. The van der Waals surface area contributed by atoms with Crippen LogP contribution < -0.4 is 10.1 Å². The molecular weight excluding hydrogens is 312 g/mol. The lowest BCUT2D eigenvalue weighted by Crippen LogP contribution is -2.23. The van der Waals surface area contributed by atoms with Crippen molar-refractivity contribution in [1.29, 1.82) is 0 Å². The van der Waals surface area contributed by atoms with E-state index in [0.29, 0.717) is 27.9 Å². The van der Waals surface area contributed by atoms with Crippen LogP contribution in [0.15, 0.2) is 36.4 Å². The third kappa shape index (κ3) is 3.49. The predicted octanol–water partition coefficient (Wildman–Crippen LogP) is 4.84. The molecule has 0 amide bonds. The number of ether oxygens (including phenoxy) is 1. The molecule has 5 heteroatoms. The molecule has 2 aromatic rings. The molecule has 0 aliphatic carbocycles. The van der Waals surface area contributed by atoms with Gasteiger partial charge in [-0.2, -0.15) is 0 Å². The van der Waals surface area contributed by atoms with E-state index in [1.807, 2.05) is 13.0 Å². The normalized spacial score (nSPS) is 12.2. The maximum absolute atomic E-state index is 14.3. The van der Waals surface area contributed by atoms with Gasteiger partial charge in [0.1, 0.15) is 11.6 Å². The highest BCUT2D eigenvalue weighted by Gasteiger charge is 2.21. The van der Waals surface area contributed by atoms with Crippen LogP contribution in [0, 0.1) is 5.82 Å². The van der Waals surface area contributed by atoms with E-state index in [-0.39, 0.29) is 11.9 Å². The van der Waals surface area contributed by atoms with Crippen molar-refractivity contribution in [2.75, 3.05) is 13.7 Å². The summed E-state index contributed by atoms with van der Waals surface area (Å²) >= 11 is 12.3. The second-order valence-electron chi connectivity index (χ2n) is 4.52. The lowest BCUT2D eigenvalue weighted by atomic mass is 9.98. The molecule has 0 radical (unpaired) electrons. The summed E-state index contributed by atoms with van der Waals surface area (Å²) in [5, 5.41) is 4.12. The quantitative estimate of drug-likeness (QED) is 0.848. The van der Waals surface area contributed by atoms with E-state index in [9.17, 15) is 4.39 Å². The van der Waals surface area contributed by atoms with E-state index in [2.05, 4.69) is 5.32 Å². The van der Waals surface area contributed by atoms with Gasteiger partial charge in [-0.15, -0.1) is 0 Å². The molecule has 0 saturated carbocycles. The van der Waals surface area contributed by atoms with Gasteiger partial charge in [-0.25, -0.2) is 4.39 Å². The highest BCUT2D eigenvalue weighted by Crippen LogP contribution is 2.34. The Labute approximate surface area is 133 Å². The average molecular weight is 328 g/mol. The Hall–Kier alpha value is -1.29. The van der Waals surface area contributed by atoms with Crippen LogP contribution in [0.25, 0.3) is 0 Å². The van der Waals surface area contributed by atoms with Crippen molar-refractivity contribution < 1.29 is 9.13 Å². The number of methoxy groups -OCH3 is 1. The van der Waals surface area contributed by atoms with Gasteiger partial charge >= 0.3 is 0 Å². The Morgan fingerprint density at radius 3 is 2.57 bits per heavy atom. The largest absolute Gasteiger partial charge is 0.497 e. The summed E-state index contributed by atoms with van der Waals surface area (Å²) in [4.78, 5) is 0. The molecule has 0 heterocycles. The Morgan fingerprint density at radius 2 is 1.95 bits per heavy atom. The topological polar surface area (TPSA) is 21.3 Å². The zero-order chi connectivity index (χ0) is 15.4. The van der Waals surface area contributed by atoms with Gasteiger partial charge in [0.05, 0.1) is 23.2 Å². The van der Waals surface area contributed by atoms with Gasteiger partial charge in [-0.1, -0.05) is 48.3 Å². The van der Waals surface area contributed by atoms with Crippen LogP contribution in [-0.2, 0) is 0 Å². The van der Waals surface area contributed by atoms with Crippen LogP contribution >= 0.6 is 23.2 Å². The van der Waals surface area contributed by atoms with E-state index in [4.69, 9.17) is 27.9 Å². The van der Waals surface area contributed by atoms with E-state index in [1.165, 1.54) is 13.2 Å². The van der Waals surface area contributed by atoms with Gasteiger partial charge in [0.15, 0.2) is 0 Å². The summed E-state index contributed by atoms with van der Waals surface area (Å²) in [5.41, 5.74) is 1.25. The minimum absolute atomic E-state index is 0.351. The summed E-state index contributed by atoms with van der Waals surface area (Å²) in [6.07, 6.45) is 0. The zero-order valence-electron chi connectivity index (χ0n) is 11.8. The molecule has 0 bridgehead atoms. The van der Waals surface area contributed by atoms with Crippen LogP contribution in [0.5, 0.6) is 5.75 Å². The number of hydrogen-bond acceptors (Lipinski definition) is 2. The van der Waals surface area contributed by atoms with Crippen LogP contribution in [0.2, 0.25) is 10.0 Å².